The molecule has 3 heteroatoms. The summed E-state index contributed by atoms with van der Waals surface area (Å²) in [5.41, 5.74) is 18.5. The van der Waals surface area contributed by atoms with Crippen LogP contribution in [0.25, 0.3) is 0 Å². The molecule has 0 fully saturated rings. The first-order chi connectivity index (χ1) is 5.59. The quantitative estimate of drug-likeness (QED) is 0.419. The Morgan fingerprint density at radius 2 is 2.00 bits per heavy atom. The van der Waals surface area contributed by atoms with Crippen LogP contribution in [0, 0.1) is 11.8 Å². The van der Waals surface area contributed by atoms with E-state index in [9.17, 15) is 0 Å². The van der Waals surface area contributed by atoms with E-state index in [1.165, 1.54) is 0 Å². The van der Waals surface area contributed by atoms with E-state index in [-0.39, 0.29) is 12.1 Å². The van der Waals surface area contributed by atoms with Gasteiger partial charge in [-0.25, -0.2) is 0 Å². The summed E-state index contributed by atoms with van der Waals surface area (Å²) < 4.78 is 0. The highest BCUT2D eigenvalue weighted by Gasteiger charge is 2.04. The maximum Gasteiger partial charge on any atom is 0.107 e. The molecule has 6 N–H and O–H groups in total. The summed E-state index contributed by atoms with van der Waals surface area (Å²) in [6, 6.07) is -0.625. The van der Waals surface area contributed by atoms with Crippen molar-refractivity contribution < 1.29 is 0 Å². The highest BCUT2D eigenvalue weighted by Crippen LogP contribution is 2.03. The van der Waals surface area contributed by atoms with Gasteiger partial charge in [-0.05, 0) is 13.0 Å². The number of rotatable bonds is 0. The molecule has 2 atom stereocenters. The van der Waals surface area contributed by atoms with Crippen LogP contribution in [0.15, 0.2) is 23.4 Å². The summed E-state index contributed by atoms with van der Waals surface area (Å²) in [4.78, 5) is 0. The van der Waals surface area contributed by atoms with Gasteiger partial charge >= 0.3 is 0 Å². The van der Waals surface area contributed by atoms with Gasteiger partial charge in [0.15, 0.2) is 0 Å². The van der Waals surface area contributed by atoms with E-state index in [0.717, 1.165) is 5.57 Å². The van der Waals surface area contributed by atoms with Crippen LogP contribution in [0.4, 0.5) is 0 Å². The van der Waals surface area contributed by atoms with Crippen molar-refractivity contribution in [2.75, 3.05) is 0 Å². The van der Waals surface area contributed by atoms with Gasteiger partial charge in [0, 0.05) is 5.70 Å². The molecule has 1 aliphatic rings. The van der Waals surface area contributed by atoms with Gasteiger partial charge in [-0.15, -0.1) is 0 Å². The second-order valence-electron chi connectivity index (χ2n) is 2.85. The summed E-state index contributed by atoms with van der Waals surface area (Å²) in [6.07, 6.45) is 3.66. The molecule has 2 unspecified atom stereocenters. The van der Waals surface area contributed by atoms with Gasteiger partial charge in [-0.2, -0.15) is 0 Å². The third-order valence-corrected chi connectivity index (χ3v) is 1.60. The molecule has 64 valence electrons. The topological polar surface area (TPSA) is 78.1 Å². The average Bonchev–Trinajstić information content (AvgIpc) is 1.98. The van der Waals surface area contributed by atoms with Crippen molar-refractivity contribution in [3.05, 3.63) is 23.4 Å². The zero-order chi connectivity index (χ0) is 9.14. The fourth-order valence-electron chi connectivity index (χ4n) is 0.995. The van der Waals surface area contributed by atoms with Gasteiger partial charge in [0.1, 0.15) is 6.04 Å². The fraction of sp³-hybridized carbons (Fsp3) is 0.333. The van der Waals surface area contributed by atoms with E-state index < -0.39 is 0 Å². The van der Waals surface area contributed by atoms with E-state index in [4.69, 9.17) is 17.2 Å². The molecular formula is C9H13N3. The molecule has 0 bridgehead atoms. The lowest BCUT2D eigenvalue weighted by molar-refractivity contribution is 0.940. The number of hydrogen-bond acceptors (Lipinski definition) is 3. The Hall–Kier alpha value is -1.24. The Labute approximate surface area is 72.3 Å². The lowest BCUT2D eigenvalue weighted by Gasteiger charge is -2.08. The molecule has 0 radical (unpaired) electrons. The molecule has 1 rings (SSSR count). The van der Waals surface area contributed by atoms with E-state index in [0.29, 0.717) is 5.70 Å². The van der Waals surface area contributed by atoms with Crippen LogP contribution in [-0.4, -0.2) is 12.1 Å². The minimum atomic E-state index is -0.389. The maximum absolute atomic E-state index is 5.64. The molecule has 0 spiro atoms. The van der Waals surface area contributed by atoms with Crippen molar-refractivity contribution in [1.29, 1.82) is 0 Å². The van der Waals surface area contributed by atoms with Crippen LogP contribution in [0.3, 0.4) is 0 Å². The predicted molar refractivity (Wildman–Crippen MR) is 49.8 cm³/mol. The number of allylic oxidation sites excluding steroid dienone is 2. The molecule has 0 saturated heterocycles. The highest BCUT2D eigenvalue weighted by molar-refractivity contribution is 5.35. The first-order valence-electron chi connectivity index (χ1n) is 3.77. The summed E-state index contributed by atoms with van der Waals surface area (Å²) in [6.45, 7) is 1.92. The Morgan fingerprint density at radius 3 is 2.67 bits per heavy atom. The molecule has 0 aliphatic heterocycles. The molecule has 0 heterocycles. The van der Waals surface area contributed by atoms with Crippen molar-refractivity contribution in [2.45, 2.75) is 19.0 Å². The maximum atomic E-state index is 5.64. The summed E-state index contributed by atoms with van der Waals surface area (Å²) in [5, 5.41) is 0. The lowest BCUT2D eigenvalue weighted by atomic mass is 10.1. The molecule has 0 aromatic rings. The van der Waals surface area contributed by atoms with Crippen molar-refractivity contribution >= 4 is 0 Å². The molecular weight excluding hydrogens is 150 g/mol. The Kier molecular flexibility index (Phi) is 2.54. The normalized spacial score (nSPS) is 28.9. The Morgan fingerprint density at radius 1 is 1.33 bits per heavy atom. The second-order valence-corrected chi connectivity index (χ2v) is 2.85. The lowest BCUT2D eigenvalue weighted by Crippen LogP contribution is -2.28. The molecule has 0 saturated carbocycles. The predicted octanol–water partition coefficient (Wildman–Crippen LogP) is -0.553. The average molecular weight is 163 g/mol. The third kappa shape index (κ3) is 2.12. The van der Waals surface area contributed by atoms with Crippen LogP contribution in [-0.2, 0) is 0 Å². The minimum absolute atomic E-state index is 0.236. The molecule has 12 heavy (non-hydrogen) atoms. The van der Waals surface area contributed by atoms with Gasteiger partial charge < -0.3 is 17.2 Å². The molecule has 3 nitrogen and oxygen atoms in total. The van der Waals surface area contributed by atoms with Crippen LogP contribution in [0.2, 0.25) is 0 Å². The van der Waals surface area contributed by atoms with E-state index in [1.54, 1.807) is 6.08 Å². The van der Waals surface area contributed by atoms with Crippen molar-refractivity contribution in [3.8, 4) is 11.8 Å². The first kappa shape index (κ1) is 8.85. The highest BCUT2D eigenvalue weighted by atomic mass is 14.7. The largest absolute Gasteiger partial charge is 0.400 e. The zero-order valence-corrected chi connectivity index (χ0v) is 7.04. The van der Waals surface area contributed by atoms with Gasteiger partial charge in [0.25, 0.3) is 0 Å². The first-order valence-corrected chi connectivity index (χ1v) is 3.77. The number of hydrogen-bond donors (Lipinski definition) is 3. The number of nitrogens with two attached hydrogens (primary N) is 3. The zero-order valence-electron chi connectivity index (χ0n) is 7.04. The molecule has 0 amide bonds. The molecule has 0 aromatic carbocycles. The second kappa shape index (κ2) is 3.44. The molecule has 0 aromatic heterocycles. The molecule has 1 aliphatic carbocycles. The SMILES string of the molecule is CC1=CC(N)C#CC(N)C(N)=C1. The van der Waals surface area contributed by atoms with Gasteiger partial charge in [-0.3, -0.25) is 0 Å². The van der Waals surface area contributed by atoms with Gasteiger partial charge in [-0.1, -0.05) is 23.5 Å². The van der Waals surface area contributed by atoms with E-state index in [1.807, 2.05) is 13.0 Å². The van der Waals surface area contributed by atoms with E-state index in [2.05, 4.69) is 11.8 Å². The van der Waals surface area contributed by atoms with Crippen LogP contribution >= 0.6 is 0 Å². The van der Waals surface area contributed by atoms with Crippen molar-refractivity contribution in [3.63, 3.8) is 0 Å². The Bertz CT molecular complexity index is 291. The smallest absolute Gasteiger partial charge is 0.107 e. The standard InChI is InChI=1S/C9H13N3/c1-6-4-7(10)2-3-8(11)9(12)5-6/h4-5,7-8H,10-12H2,1H3. The van der Waals surface area contributed by atoms with Gasteiger partial charge in [0.05, 0.1) is 6.04 Å². The monoisotopic (exact) mass is 163 g/mol. The van der Waals surface area contributed by atoms with Crippen LogP contribution in [0.1, 0.15) is 6.92 Å². The summed E-state index contributed by atoms with van der Waals surface area (Å²) in [7, 11) is 0. The van der Waals surface area contributed by atoms with Gasteiger partial charge in [0.2, 0.25) is 0 Å². The van der Waals surface area contributed by atoms with Crippen molar-refractivity contribution in [1.82, 2.24) is 0 Å². The van der Waals surface area contributed by atoms with Crippen LogP contribution < -0.4 is 17.2 Å². The van der Waals surface area contributed by atoms with E-state index >= 15 is 0 Å². The summed E-state index contributed by atoms with van der Waals surface area (Å²) in [5.74, 6) is 5.57. The van der Waals surface area contributed by atoms with Crippen molar-refractivity contribution in [2.24, 2.45) is 17.2 Å². The van der Waals surface area contributed by atoms with Crippen LogP contribution in [0.5, 0.6) is 0 Å². The fourth-order valence-corrected chi connectivity index (χ4v) is 0.995. The summed E-state index contributed by atoms with van der Waals surface area (Å²) >= 11 is 0. The third-order valence-electron chi connectivity index (χ3n) is 1.60. The minimum Gasteiger partial charge on any atom is -0.400 e. The Balaban J connectivity index is 3.01.